The van der Waals surface area contributed by atoms with E-state index in [1.165, 1.54) is 6.07 Å². The molecule has 1 atom stereocenters. The van der Waals surface area contributed by atoms with Crippen LogP contribution in [0.25, 0.3) is 0 Å². The highest BCUT2D eigenvalue weighted by Crippen LogP contribution is 2.40. The van der Waals surface area contributed by atoms with Gasteiger partial charge in [0.05, 0.1) is 15.5 Å². The average Bonchev–Trinajstić information content (AvgIpc) is 2.73. The van der Waals surface area contributed by atoms with Crippen LogP contribution in [0.2, 0.25) is 5.02 Å². The molecule has 1 heterocycles. The lowest BCUT2D eigenvalue weighted by Crippen LogP contribution is -2.13. The van der Waals surface area contributed by atoms with E-state index in [0.29, 0.717) is 6.07 Å². The van der Waals surface area contributed by atoms with Crippen LogP contribution in [0.15, 0.2) is 29.6 Å². The van der Waals surface area contributed by atoms with E-state index in [-0.39, 0.29) is 9.90 Å². The molecule has 0 aliphatic heterocycles. The van der Waals surface area contributed by atoms with Gasteiger partial charge in [-0.2, -0.15) is 13.2 Å². The second-order valence-electron chi connectivity index (χ2n) is 3.76. The Morgan fingerprint density at radius 3 is 2.42 bits per heavy atom. The molecule has 1 N–H and O–H groups in total. The van der Waals surface area contributed by atoms with Crippen LogP contribution in [0.5, 0.6) is 0 Å². The van der Waals surface area contributed by atoms with E-state index in [1.54, 1.807) is 5.38 Å². The van der Waals surface area contributed by atoms with E-state index >= 15 is 0 Å². The van der Waals surface area contributed by atoms with E-state index in [4.69, 9.17) is 11.6 Å². The number of hydrogen-bond donors (Lipinski definition) is 1. The Hall–Kier alpha value is -1.11. The Morgan fingerprint density at radius 2 is 1.89 bits per heavy atom. The number of aliphatic hydroxyl groups excluding tert-OH is 1. The summed E-state index contributed by atoms with van der Waals surface area (Å²) >= 11 is 6.81. The number of benzene rings is 1. The molecule has 0 saturated heterocycles. The van der Waals surface area contributed by atoms with Crippen LogP contribution in [0.3, 0.4) is 0 Å². The van der Waals surface area contributed by atoms with Gasteiger partial charge >= 0.3 is 6.18 Å². The average molecular weight is 311 g/mol. The van der Waals surface area contributed by atoms with E-state index < -0.39 is 29.2 Å². The lowest BCUT2D eigenvalue weighted by Gasteiger charge is -2.17. The van der Waals surface area contributed by atoms with Crippen molar-refractivity contribution in [1.29, 1.82) is 0 Å². The van der Waals surface area contributed by atoms with E-state index in [9.17, 15) is 22.7 Å². The van der Waals surface area contributed by atoms with Crippen molar-refractivity contribution in [2.24, 2.45) is 0 Å². The highest BCUT2D eigenvalue weighted by Gasteiger charge is 2.36. The molecular weight excluding hydrogens is 304 g/mol. The van der Waals surface area contributed by atoms with E-state index in [0.717, 1.165) is 23.5 Å². The first-order valence-electron chi connectivity index (χ1n) is 5.08. The third-order valence-corrected chi connectivity index (χ3v) is 3.92. The minimum Gasteiger partial charge on any atom is -0.383 e. The molecule has 0 aliphatic rings. The molecule has 7 heteroatoms. The summed E-state index contributed by atoms with van der Waals surface area (Å²) in [6, 6.07) is 3.62. The summed E-state index contributed by atoms with van der Waals surface area (Å²) in [7, 11) is 0. The molecule has 0 saturated carbocycles. The second kappa shape index (κ2) is 5.11. The molecule has 19 heavy (non-hydrogen) atoms. The van der Waals surface area contributed by atoms with Gasteiger partial charge in [0.25, 0.3) is 0 Å². The molecule has 0 aliphatic carbocycles. The van der Waals surface area contributed by atoms with E-state index in [1.807, 2.05) is 0 Å². The Kier molecular flexibility index (Phi) is 3.85. The number of hydrogen-bond acceptors (Lipinski definition) is 2. The second-order valence-corrected chi connectivity index (χ2v) is 5.12. The van der Waals surface area contributed by atoms with Crippen molar-refractivity contribution in [1.82, 2.24) is 0 Å². The molecule has 1 nitrogen and oxygen atoms in total. The van der Waals surface area contributed by atoms with Crippen molar-refractivity contribution in [3.05, 3.63) is 56.5 Å². The normalized spacial score (nSPS) is 13.6. The Balaban J connectivity index is 2.54. The van der Waals surface area contributed by atoms with Crippen LogP contribution in [-0.2, 0) is 6.18 Å². The van der Waals surface area contributed by atoms with Gasteiger partial charge in [-0.15, -0.1) is 11.3 Å². The zero-order valence-electron chi connectivity index (χ0n) is 9.21. The highest BCUT2D eigenvalue weighted by atomic mass is 35.5. The van der Waals surface area contributed by atoms with Crippen LogP contribution >= 0.6 is 22.9 Å². The molecule has 2 aromatic rings. The van der Waals surface area contributed by atoms with Gasteiger partial charge in [-0.05, 0) is 29.1 Å². The summed E-state index contributed by atoms with van der Waals surface area (Å²) in [4.78, 5) is 0.193. The largest absolute Gasteiger partial charge is 0.416 e. The van der Waals surface area contributed by atoms with Gasteiger partial charge in [0.1, 0.15) is 11.9 Å². The van der Waals surface area contributed by atoms with Gasteiger partial charge in [-0.25, -0.2) is 4.39 Å². The standard InChI is InChI=1S/C12H7ClF4OS/c13-9-3-4-19-11(9)10(18)7-2-1-6(14)5-8(7)12(15,16)17/h1-5,10,18H. The van der Waals surface area contributed by atoms with Crippen LogP contribution in [0.1, 0.15) is 22.1 Å². The fraction of sp³-hybridized carbons (Fsp3) is 0.167. The van der Waals surface area contributed by atoms with Gasteiger partial charge < -0.3 is 5.11 Å². The molecule has 0 spiro atoms. The Labute approximate surface area is 115 Å². The molecule has 1 aromatic carbocycles. The molecule has 102 valence electrons. The first-order chi connectivity index (χ1) is 8.80. The molecule has 1 unspecified atom stereocenters. The van der Waals surface area contributed by atoms with Gasteiger partial charge in [0.2, 0.25) is 0 Å². The molecule has 0 radical (unpaired) electrons. The quantitative estimate of drug-likeness (QED) is 0.801. The predicted octanol–water partition coefficient (Wildman–Crippen LogP) is 4.64. The highest BCUT2D eigenvalue weighted by molar-refractivity contribution is 7.10. The summed E-state index contributed by atoms with van der Waals surface area (Å²) < 4.78 is 51.4. The Bertz CT molecular complexity index is 594. The van der Waals surface area contributed by atoms with E-state index in [2.05, 4.69) is 0 Å². The summed E-state index contributed by atoms with van der Waals surface area (Å²) in [6.45, 7) is 0. The number of rotatable bonds is 2. The third kappa shape index (κ3) is 2.91. The third-order valence-electron chi connectivity index (χ3n) is 2.51. The fourth-order valence-electron chi connectivity index (χ4n) is 1.65. The maximum absolute atomic E-state index is 13.0. The van der Waals surface area contributed by atoms with Crippen molar-refractivity contribution in [3.63, 3.8) is 0 Å². The zero-order valence-corrected chi connectivity index (χ0v) is 10.8. The number of halogens is 5. The number of alkyl halides is 3. The van der Waals surface area contributed by atoms with Crippen LogP contribution in [-0.4, -0.2) is 5.11 Å². The van der Waals surface area contributed by atoms with Crippen LogP contribution < -0.4 is 0 Å². The Morgan fingerprint density at radius 1 is 1.21 bits per heavy atom. The summed E-state index contributed by atoms with van der Waals surface area (Å²) in [5.74, 6) is -1.01. The minimum atomic E-state index is -4.75. The topological polar surface area (TPSA) is 20.2 Å². The van der Waals surface area contributed by atoms with Gasteiger partial charge in [0, 0.05) is 0 Å². The van der Waals surface area contributed by atoms with Gasteiger partial charge in [-0.1, -0.05) is 17.7 Å². The van der Waals surface area contributed by atoms with Crippen LogP contribution in [0.4, 0.5) is 17.6 Å². The molecule has 2 rings (SSSR count). The minimum absolute atomic E-state index is 0.176. The van der Waals surface area contributed by atoms with Gasteiger partial charge in [0.15, 0.2) is 0 Å². The fourth-order valence-corrected chi connectivity index (χ4v) is 2.82. The lowest BCUT2D eigenvalue weighted by molar-refractivity contribution is -0.139. The first kappa shape index (κ1) is 14.3. The lowest BCUT2D eigenvalue weighted by atomic mass is 10.0. The summed E-state index contributed by atoms with van der Waals surface area (Å²) in [5.41, 5.74) is -1.62. The van der Waals surface area contributed by atoms with Crippen molar-refractivity contribution in [2.45, 2.75) is 12.3 Å². The number of thiophene rings is 1. The number of aliphatic hydroxyl groups is 1. The summed E-state index contributed by atoms with van der Waals surface area (Å²) in [6.07, 6.45) is -6.29. The predicted molar refractivity (Wildman–Crippen MR) is 64.8 cm³/mol. The van der Waals surface area contributed by atoms with Gasteiger partial charge in [-0.3, -0.25) is 0 Å². The van der Waals surface area contributed by atoms with Crippen LogP contribution in [0, 0.1) is 5.82 Å². The monoisotopic (exact) mass is 310 g/mol. The van der Waals surface area contributed by atoms with Crippen molar-refractivity contribution >= 4 is 22.9 Å². The molecule has 1 aromatic heterocycles. The molecule has 0 fully saturated rings. The SMILES string of the molecule is OC(c1ccc(F)cc1C(F)(F)F)c1sccc1Cl. The molecule has 0 amide bonds. The zero-order chi connectivity index (χ0) is 14.2. The smallest absolute Gasteiger partial charge is 0.383 e. The van der Waals surface area contributed by atoms with Crippen molar-refractivity contribution in [3.8, 4) is 0 Å². The maximum Gasteiger partial charge on any atom is 0.416 e. The first-order valence-corrected chi connectivity index (χ1v) is 6.34. The molecular formula is C12H7ClF4OS. The molecule has 0 bridgehead atoms. The van der Waals surface area contributed by atoms with Crippen molar-refractivity contribution < 1.29 is 22.7 Å². The summed E-state index contributed by atoms with van der Waals surface area (Å²) in [5, 5.41) is 11.7. The maximum atomic E-state index is 13.0. The van der Waals surface area contributed by atoms with Crippen molar-refractivity contribution in [2.75, 3.05) is 0 Å².